The average Bonchev–Trinajstić information content (AvgIpc) is 2.62. The van der Waals surface area contributed by atoms with Crippen molar-refractivity contribution in [1.29, 1.82) is 0 Å². The second-order valence-electron chi connectivity index (χ2n) is 6.64. The van der Waals surface area contributed by atoms with Crippen molar-refractivity contribution < 1.29 is 9.59 Å². The molecular formula is C20H24N2O2. The summed E-state index contributed by atoms with van der Waals surface area (Å²) >= 11 is 0. The number of nitrogens with two attached hydrogens (primary N) is 1. The topological polar surface area (TPSA) is 72.2 Å². The predicted octanol–water partition coefficient (Wildman–Crippen LogP) is 2.93. The van der Waals surface area contributed by atoms with Gasteiger partial charge in [-0.05, 0) is 29.2 Å². The van der Waals surface area contributed by atoms with E-state index in [0.717, 1.165) is 42.0 Å². The van der Waals surface area contributed by atoms with Crippen molar-refractivity contribution >= 4 is 22.6 Å². The third-order valence-electron chi connectivity index (χ3n) is 4.94. The van der Waals surface area contributed by atoms with Gasteiger partial charge in [-0.15, -0.1) is 0 Å². The van der Waals surface area contributed by atoms with Gasteiger partial charge in [-0.2, -0.15) is 0 Å². The zero-order chi connectivity index (χ0) is 16.9. The summed E-state index contributed by atoms with van der Waals surface area (Å²) in [5.41, 5.74) is 6.58. The van der Waals surface area contributed by atoms with Crippen molar-refractivity contribution in [3.8, 4) is 0 Å². The Morgan fingerprint density at radius 1 is 1.04 bits per heavy atom. The van der Waals surface area contributed by atoms with E-state index in [4.69, 9.17) is 5.73 Å². The lowest BCUT2D eigenvalue weighted by molar-refractivity contribution is -0.130. The third kappa shape index (κ3) is 3.75. The summed E-state index contributed by atoms with van der Waals surface area (Å²) in [6.45, 7) is 0. The van der Waals surface area contributed by atoms with Gasteiger partial charge in [-0.25, -0.2) is 0 Å². The van der Waals surface area contributed by atoms with E-state index in [-0.39, 0.29) is 11.8 Å². The predicted molar refractivity (Wildman–Crippen MR) is 95.4 cm³/mol. The molecule has 126 valence electrons. The molecule has 1 fully saturated rings. The van der Waals surface area contributed by atoms with Gasteiger partial charge >= 0.3 is 0 Å². The minimum absolute atomic E-state index is 0.0214. The summed E-state index contributed by atoms with van der Waals surface area (Å²) in [6, 6.07) is 13.4. The van der Waals surface area contributed by atoms with Crippen LogP contribution in [0.1, 0.15) is 37.7 Å². The molecule has 4 nitrogen and oxygen atoms in total. The third-order valence-corrected chi connectivity index (χ3v) is 4.94. The molecule has 0 bridgehead atoms. The molecule has 1 aliphatic carbocycles. The van der Waals surface area contributed by atoms with E-state index < -0.39 is 11.9 Å². The van der Waals surface area contributed by atoms with Crippen LogP contribution < -0.4 is 11.1 Å². The molecule has 24 heavy (non-hydrogen) atoms. The first-order valence-corrected chi connectivity index (χ1v) is 8.71. The van der Waals surface area contributed by atoms with Gasteiger partial charge in [0, 0.05) is 12.3 Å². The maximum Gasteiger partial charge on any atom is 0.240 e. The average molecular weight is 324 g/mol. The van der Waals surface area contributed by atoms with E-state index in [2.05, 4.69) is 5.32 Å². The Kier molecular flexibility index (Phi) is 5.14. The smallest absolute Gasteiger partial charge is 0.240 e. The molecule has 0 unspecified atom stereocenters. The molecule has 1 atom stereocenters. The fourth-order valence-electron chi connectivity index (χ4n) is 3.57. The van der Waals surface area contributed by atoms with Crippen LogP contribution in [0.2, 0.25) is 0 Å². The molecule has 2 aromatic rings. The summed E-state index contributed by atoms with van der Waals surface area (Å²) < 4.78 is 0. The number of nitrogens with one attached hydrogen (secondary N) is 1. The van der Waals surface area contributed by atoms with Crippen LogP contribution in [-0.2, 0) is 16.0 Å². The molecule has 0 aromatic heterocycles. The summed E-state index contributed by atoms with van der Waals surface area (Å²) in [5, 5.41) is 5.10. The van der Waals surface area contributed by atoms with E-state index in [1.54, 1.807) is 0 Å². The van der Waals surface area contributed by atoms with Crippen molar-refractivity contribution in [2.75, 3.05) is 0 Å². The summed E-state index contributed by atoms with van der Waals surface area (Å²) in [5.74, 6) is -0.487. The Bertz CT molecular complexity index is 730. The minimum Gasteiger partial charge on any atom is -0.368 e. The summed E-state index contributed by atoms with van der Waals surface area (Å²) in [7, 11) is 0. The molecule has 3 rings (SSSR count). The Hall–Kier alpha value is -2.36. The van der Waals surface area contributed by atoms with Gasteiger partial charge in [0.25, 0.3) is 0 Å². The fourth-order valence-corrected chi connectivity index (χ4v) is 3.57. The maximum atomic E-state index is 12.4. The Morgan fingerprint density at radius 2 is 1.75 bits per heavy atom. The lowest BCUT2D eigenvalue weighted by Crippen LogP contribution is -2.48. The largest absolute Gasteiger partial charge is 0.368 e. The fraction of sp³-hybridized carbons (Fsp3) is 0.400. The van der Waals surface area contributed by atoms with Gasteiger partial charge in [0.2, 0.25) is 11.8 Å². The summed E-state index contributed by atoms with van der Waals surface area (Å²) in [4.78, 5) is 24.3. The molecule has 1 aliphatic rings. The first-order chi connectivity index (χ1) is 11.6. The van der Waals surface area contributed by atoms with Gasteiger partial charge in [0.05, 0.1) is 0 Å². The number of rotatable bonds is 5. The van der Waals surface area contributed by atoms with Gasteiger partial charge in [-0.3, -0.25) is 9.59 Å². The molecule has 4 heteroatoms. The quantitative estimate of drug-likeness (QED) is 0.887. The van der Waals surface area contributed by atoms with Gasteiger partial charge in [0.15, 0.2) is 0 Å². The summed E-state index contributed by atoms with van der Waals surface area (Å²) in [6.07, 6.45) is 5.61. The van der Waals surface area contributed by atoms with E-state index >= 15 is 0 Å². The molecular weight excluding hydrogens is 300 g/mol. The number of fused-ring (bicyclic) bond motifs is 1. The highest BCUT2D eigenvalue weighted by atomic mass is 16.2. The number of carbonyl (C=O) groups is 2. The van der Waals surface area contributed by atoms with Crippen LogP contribution in [0.15, 0.2) is 42.5 Å². The Balaban J connectivity index is 1.76. The van der Waals surface area contributed by atoms with E-state index in [0.29, 0.717) is 6.42 Å². The van der Waals surface area contributed by atoms with Crippen molar-refractivity contribution in [3.05, 3.63) is 48.0 Å². The number of hydrogen-bond acceptors (Lipinski definition) is 2. The zero-order valence-electron chi connectivity index (χ0n) is 13.8. The molecule has 2 amide bonds. The monoisotopic (exact) mass is 324 g/mol. The van der Waals surface area contributed by atoms with Crippen LogP contribution in [0.5, 0.6) is 0 Å². The number of benzene rings is 2. The van der Waals surface area contributed by atoms with E-state index in [1.807, 2.05) is 42.5 Å². The van der Waals surface area contributed by atoms with Crippen LogP contribution in [0.3, 0.4) is 0 Å². The van der Waals surface area contributed by atoms with Crippen molar-refractivity contribution in [2.24, 2.45) is 11.7 Å². The van der Waals surface area contributed by atoms with E-state index in [1.165, 1.54) is 6.42 Å². The SMILES string of the molecule is NC(=O)[C@H](Cc1cccc2ccccc12)NC(=O)C1CCCCC1. The van der Waals surface area contributed by atoms with Gasteiger partial charge < -0.3 is 11.1 Å². The van der Waals surface area contributed by atoms with E-state index in [9.17, 15) is 9.59 Å². The number of amides is 2. The molecule has 0 spiro atoms. The first-order valence-electron chi connectivity index (χ1n) is 8.71. The standard InChI is InChI=1S/C20H24N2O2/c21-19(23)18(22-20(24)15-8-2-1-3-9-15)13-16-11-6-10-14-7-4-5-12-17(14)16/h4-7,10-12,15,18H,1-3,8-9,13H2,(H2,21,23)(H,22,24)/t18-/m0/s1. The first kappa shape index (κ1) is 16.5. The molecule has 0 heterocycles. The van der Waals surface area contributed by atoms with Crippen LogP contribution in [0.4, 0.5) is 0 Å². The zero-order valence-corrected chi connectivity index (χ0v) is 13.8. The lowest BCUT2D eigenvalue weighted by Gasteiger charge is -2.24. The maximum absolute atomic E-state index is 12.4. The molecule has 3 N–H and O–H groups in total. The molecule has 0 saturated heterocycles. The normalized spacial score (nSPS) is 16.7. The number of primary amides is 1. The van der Waals surface area contributed by atoms with Crippen LogP contribution in [-0.4, -0.2) is 17.9 Å². The molecule has 1 saturated carbocycles. The highest BCUT2D eigenvalue weighted by Gasteiger charge is 2.26. The lowest BCUT2D eigenvalue weighted by atomic mass is 9.88. The van der Waals surface area contributed by atoms with Gasteiger partial charge in [-0.1, -0.05) is 61.7 Å². The second-order valence-corrected chi connectivity index (χ2v) is 6.64. The Morgan fingerprint density at radius 3 is 2.50 bits per heavy atom. The highest BCUT2D eigenvalue weighted by molar-refractivity contribution is 5.90. The van der Waals surface area contributed by atoms with Crippen LogP contribution in [0, 0.1) is 5.92 Å². The van der Waals surface area contributed by atoms with Crippen LogP contribution in [0.25, 0.3) is 10.8 Å². The molecule has 0 radical (unpaired) electrons. The Labute approximate surface area is 142 Å². The number of carbonyl (C=O) groups excluding carboxylic acids is 2. The highest BCUT2D eigenvalue weighted by Crippen LogP contribution is 2.24. The molecule has 0 aliphatic heterocycles. The minimum atomic E-state index is -0.662. The molecule has 2 aromatic carbocycles. The van der Waals surface area contributed by atoms with Crippen molar-refractivity contribution in [2.45, 2.75) is 44.6 Å². The second kappa shape index (κ2) is 7.47. The van der Waals surface area contributed by atoms with Crippen LogP contribution >= 0.6 is 0 Å². The van der Waals surface area contributed by atoms with Crippen molar-refractivity contribution in [3.63, 3.8) is 0 Å². The number of hydrogen-bond donors (Lipinski definition) is 2. The van der Waals surface area contributed by atoms with Gasteiger partial charge in [0.1, 0.15) is 6.04 Å². The van der Waals surface area contributed by atoms with Crippen molar-refractivity contribution in [1.82, 2.24) is 5.32 Å².